The fourth-order valence-corrected chi connectivity index (χ4v) is 3.81. The van der Waals surface area contributed by atoms with Crippen LogP contribution in [0.3, 0.4) is 0 Å². The van der Waals surface area contributed by atoms with Crippen LogP contribution in [0.15, 0.2) is 22.4 Å². The highest BCUT2D eigenvalue weighted by molar-refractivity contribution is 7.94. The second-order valence-electron chi connectivity index (χ2n) is 3.64. The van der Waals surface area contributed by atoms with Crippen molar-refractivity contribution in [3.8, 4) is 0 Å². The Bertz CT molecular complexity index is 662. The lowest BCUT2D eigenvalue weighted by Gasteiger charge is -2.05. The molecule has 96 valence electrons. The van der Waals surface area contributed by atoms with Gasteiger partial charge in [-0.3, -0.25) is 0 Å². The van der Waals surface area contributed by atoms with Gasteiger partial charge < -0.3 is 0 Å². The van der Waals surface area contributed by atoms with Gasteiger partial charge in [-0.15, -0.1) is 11.3 Å². The SMILES string of the molecule is Cc1cc(C)nc(NS(=O)(=O)c2ccc(Cl)s2)n1. The van der Waals surface area contributed by atoms with Crippen LogP contribution < -0.4 is 4.72 Å². The van der Waals surface area contributed by atoms with Crippen molar-refractivity contribution in [2.45, 2.75) is 18.1 Å². The van der Waals surface area contributed by atoms with Crippen molar-refractivity contribution in [1.82, 2.24) is 9.97 Å². The van der Waals surface area contributed by atoms with Crippen molar-refractivity contribution < 1.29 is 8.42 Å². The van der Waals surface area contributed by atoms with Crippen LogP contribution in [0, 0.1) is 13.8 Å². The third kappa shape index (κ3) is 2.98. The Balaban J connectivity index is 2.33. The van der Waals surface area contributed by atoms with E-state index in [-0.39, 0.29) is 10.2 Å². The number of hydrogen-bond acceptors (Lipinski definition) is 5. The van der Waals surface area contributed by atoms with E-state index in [1.54, 1.807) is 19.9 Å². The lowest BCUT2D eigenvalue weighted by Crippen LogP contribution is -2.14. The van der Waals surface area contributed by atoms with Crippen LogP contribution in [0.25, 0.3) is 0 Å². The smallest absolute Gasteiger partial charge is 0.246 e. The van der Waals surface area contributed by atoms with Gasteiger partial charge in [0.1, 0.15) is 4.21 Å². The van der Waals surface area contributed by atoms with Crippen molar-refractivity contribution >= 4 is 38.9 Å². The standard InChI is InChI=1S/C10H10ClN3O2S2/c1-6-5-7(2)13-10(12-6)14-18(15,16)9-4-3-8(11)17-9/h3-5H,1-2H3,(H,12,13,14). The van der Waals surface area contributed by atoms with Crippen molar-refractivity contribution in [3.63, 3.8) is 0 Å². The maximum Gasteiger partial charge on any atom is 0.273 e. The molecule has 2 aromatic heterocycles. The predicted molar refractivity (Wildman–Crippen MR) is 71.6 cm³/mol. The lowest BCUT2D eigenvalue weighted by molar-refractivity contribution is 0.602. The number of aromatic nitrogens is 2. The van der Waals surface area contributed by atoms with Crippen molar-refractivity contribution in [2.75, 3.05) is 4.72 Å². The highest BCUT2D eigenvalue weighted by Crippen LogP contribution is 2.26. The minimum atomic E-state index is -3.67. The first-order valence-electron chi connectivity index (χ1n) is 4.97. The molecule has 0 atom stereocenters. The summed E-state index contributed by atoms with van der Waals surface area (Å²) in [6, 6.07) is 4.74. The molecule has 5 nitrogen and oxygen atoms in total. The molecule has 0 saturated carbocycles. The van der Waals surface area contributed by atoms with E-state index in [2.05, 4.69) is 14.7 Å². The normalized spacial score (nSPS) is 11.5. The highest BCUT2D eigenvalue weighted by Gasteiger charge is 2.18. The Labute approximate surface area is 114 Å². The molecule has 0 aromatic carbocycles. The molecule has 0 aliphatic heterocycles. The minimum Gasteiger partial charge on any atom is -0.246 e. The Kier molecular flexibility index (Phi) is 3.56. The maximum atomic E-state index is 12.0. The molecule has 2 rings (SSSR count). The average Bonchev–Trinajstić information content (AvgIpc) is 2.62. The monoisotopic (exact) mass is 303 g/mol. The first-order chi connectivity index (χ1) is 8.37. The second kappa shape index (κ2) is 4.83. The van der Waals surface area contributed by atoms with Gasteiger partial charge in [0.15, 0.2) is 0 Å². The van der Waals surface area contributed by atoms with E-state index in [4.69, 9.17) is 11.6 Å². The number of halogens is 1. The van der Waals surface area contributed by atoms with E-state index >= 15 is 0 Å². The fraction of sp³-hybridized carbons (Fsp3) is 0.200. The van der Waals surface area contributed by atoms with Gasteiger partial charge in [-0.1, -0.05) is 11.6 Å². The summed E-state index contributed by atoms with van der Waals surface area (Å²) in [5.74, 6) is 0.0667. The van der Waals surface area contributed by atoms with Crippen LogP contribution in [0.2, 0.25) is 4.34 Å². The van der Waals surface area contributed by atoms with Gasteiger partial charge in [-0.2, -0.15) is 0 Å². The molecule has 0 radical (unpaired) electrons. The third-order valence-electron chi connectivity index (χ3n) is 2.02. The molecule has 2 heterocycles. The quantitative estimate of drug-likeness (QED) is 0.946. The second-order valence-corrected chi connectivity index (χ2v) is 7.26. The Morgan fingerprint density at radius 3 is 2.33 bits per heavy atom. The molecule has 1 N–H and O–H groups in total. The maximum absolute atomic E-state index is 12.0. The summed E-state index contributed by atoms with van der Waals surface area (Å²) in [6.07, 6.45) is 0. The summed E-state index contributed by atoms with van der Waals surface area (Å²) >= 11 is 6.70. The molecule has 2 aromatic rings. The zero-order chi connectivity index (χ0) is 13.3. The molecule has 0 saturated heterocycles. The van der Waals surface area contributed by atoms with E-state index in [1.807, 2.05) is 0 Å². The van der Waals surface area contributed by atoms with Crippen LogP contribution in [0.5, 0.6) is 0 Å². The molecule has 0 aliphatic rings. The van der Waals surface area contributed by atoms with Gasteiger partial charge in [-0.25, -0.2) is 23.1 Å². The molecule has 0 amide bonds. The molecule has 0 bridgehead atoms. The Morgan fingerprint density at radius 2 is 1.83 bits per heavy atom. The molecule has 8 heteroatoms. The third-order valence-corrected chi connectivity index (χ3v) is 5.07. The summed E-state index contributed by atoms with van der Waals surface area (Å²) in [5, 5.41) is 0. The van der Waals surface area contributed by atoms with Gasteiger partial charge in [-0.05, 0) is 32.0 Å². The van der Waals surface area contributed by atoms with Crippen LogP contribution in [-0.2, 0) is 10.0 Å². The van der Waals surface area contributed by atoms with Gasteiger partial charge in [0, 0.05) is 11.4 Å². The highest BCUT2D eigenvalue weighted by atomic mass is 35.5. The van der Waals surface area contributed by atoms with Gasteiger partial charge in [0.05, 0.1) is 4.34 Å². The minimum absolute atomic E-state index is 0.0667. The number of anilines is 1. The summed E-state index contributed by atoms with van der Waals surface area (Å²) in [4.78, 5) is 8.04. The molecule has 0 unspecified atom stereocenters. The van der Waals surface area contributed by atoms with E-state index in [1.165, 1.54) is 12.1 Å². The predicted octanol–water partition coefficient (Wildman–Crippen LogP) is 2.61. The van der Waals surface area contributed by atoms with Crippen LogP contribution in [-0.4, -0.2) is 18.4 Å². The molecular formula is C10H10ClN3O2S2. The molecule has 0 fully saturated rings. The van der Waals surface area contributed by atoms with Crippen molar-refractivity contribution in [3.05, 3.63) is 33.9 Å². The summed E-state index contributed by atoms with van der Waals surface area (Å²) in [5.41, 5.74) is 1.40. The number of hydrogen-bond donors (Lipinski definition) is 1. The molecular weight excluding hydrogens is 294 g/mol. The van der Waals surface area contributed by atoms with E-state index in [9.17, 15) is 8.42 Å². The number of nitrogens with one attached hydrogen (secondary N) is 1. The van der Waals surface area contributed by atoms with Gasteiger partial charge in [0.25, 0.3) is 10.0 Å². The zero-order valence-corrected chi connectivity index (χ0v) is 12.0. The summed E-state index contributed by atoms with van der Waals surface area (Å²) < 4.78 is 26.9. The molecule has 18 heavy (non-hydrogen) atoms. The number of sulfonamides is 1. The summed E-state index contributed by atoms with van der Waals surface area (Å²) in [7, 11) is -3.67. The Morgan fingerprint density at radius 1 is 1.22 bits per heavy atom. The first-order valence-corrected chi connectivity index (χ1v) is 7.65. The molecule has 0 spiro atoms. The summed E-state index contributed by atoms with van der Waals surface area (Å²) in [6.45, 7) is 3.54. The number of rotatable bonds is 3. The molecule has 0 aliphatic carbocycles. The van der Waals surface area contributed by atoms with E-state index in [0.717, 1.165) is 11.3 Å². The van der Waals surface area contributed by atoms with Crippen LogP contribution in [0.1, 0.15) is 11.4 Å². The van der Waals surface area contributed by atoms with Gasteiger partial charge >= 0.3 is 0 Å². The topological polar surface area (TPSA) is 72.0 Å². The van der Waals surface area contributed by atoms with Crippen molar-refractivity contribution in [1.29, 1.82) is 0 Å². The largest absolute Gasteiger partial charge is 0.273 e. The van der Waals surface area contributed by atoms with E-state index in [0.29, 0.717) is 15.7 Å². The van der Waals surface area contributed by atoms with Crippen LogP contribution in [0.4, 0.5) is 5.95 Å². The zero-order valence-electron chi connectivity index (χ0n) is 9.64. The number of thiophene rings is 1. The van der Waals surface area contributed by atoms with E-state index < -0.39 is 10.0 Å². The lowest BCUT2D eigenvalue weighted by atomic mass is 10.4. The van der Waals surface area contributed by atoms with Crippen LogP contribution >= 0.6 is 22.9 Å². The number of aryl methyl sites for hydroxylation is 2. The number of nitrogens with zero attached hydrogens (tertiary/aromatic N) is 2. The fourth-order valence-electron chi connectivity index (χ4n) is 1.38. The average molecular weight is 304 g/mol. The first kappa shape index (κ1) is 13.3. The Hall–Kier alpha value is -1.18. The van der Waals surface area contributed by atoms with Crippen molar-refractivity contribution in [2.24, 2.45) is 0 Å². The van der Waals surface area contributed by atoms with Gasteiger partial charge in [0.2, 0.25) is 5.95 Å².